The van der Waals surface area contributed by atoms with Crippen LogP contribution in [-0.2, 0) is 17.6 Å². The quantitative estimate of drug-likeness (QED) is 0.522. The van der Waals surface area contributed by atoms with Crippen LogP contribution in [0, 0.1) is 11.6 Å². The van der Waals surface area contributed by atoms with Gasteiger partial charge in [-0.15, -0.1) is 0 Å². The Kier molecular flexibility index (Phi) is 5.19. The Morgan fingerprint density at radius 2 is 1.93 bits per heavy atom. The molecule has 0 aliphatic carbocycles. The molecule has 1 aliphatic rings. The number of fused-ring (bicyclic) bond motifs is 1. The number of nitrogens with one attached hydrogen (secondary N) is 1. The molecule has 0 bridgehead atoms. The topological polar surface area (TPSA) is 64.0 Å². The first-order valence-electron chi connectivity index (χ1n) is 8.96. The van der Waals surface area contributed by atoms with Crippen LogP contribution in [-0.4, -0.2) is 15.5 Å². The maximum atomic E-state index is 14.4. The zero-order chi connectivity index (χ0) is 20.5. The molecule has 2 heterocycles. The number of carbonyl (C=O) groups excluding carboxylic acids is 1. The third kappa shape index (κ3) is 3.80. The number of amides is 1. The predicted molar refractivity (Wildman–Crippen MR) is 107 cm³/mol. The van der Waals surface area contributed by atoms with Gasteiger partial charge in [0, 0.05) is 31.2 Å². The van der Waals surface area contributed by atoms with Crippen molar-refractivity contribution >= 4 is 23.5 Å². The summed E-state index contributed by atoms with van der Waals surface area (Å²) in [6.45, 7) is 0. The summed E-state index contributed by atoms with van der Waals surface area (Å²) in [5.41, 5.74) is 0.856. The van der Waals surface area contributed by atoms with Gasteiger partial charge >= 0.3 is 0 Å². The van der Waals surface area contributed by atoms with Gasteiger partial charge in [-0.05, 0) is 17.2 Å². The Morgan fingerprint density at radius 3 is 2.66 bits per heavy atom. The summed E-state index contributed by atoms with van der Waals surface area (Å²) in [5, 5.41) is 3.16. The van der Waals surface area contributed by atoms with Crippen LogP contribution in [0.4, 0.5) is 14.6 Å². The lowest BCUT2D eigenvalue weighted by molar-refractivity contribution is -0.116. The Labute approximate surface area is 169 Å². The van der Waals surface area contributed by atoms with Gasteiger partial charge in [0.05, 0.1) is 5.56 Å². The standard InChI is InChI=1S/C21H17F2N3O2S/c1-26-19-18(20(28)25-21(26)29-11-12-5-3-2-4-6-12)15(10-17(27)24-19)14-8-7-13(22)9-16(14)23/h2-9,15H,10-11H2,1H3,(H,24,27)/t15-/m0/s1. The number of rotatable bonds is 4. The summed E-state index contributed by atoms with van der Waals surface area (Å²) >= 11 is 1.37. The number of anilines is 1. The molecular formula is C21H17F2N3O2S. The van der Waals surface area contributed by atoms with E-state index >= 15 is 0 Å². The fourth-order valence-corrected chi connectivity index (χ4v) is 4.36. The van der Waals surface area contributed by atoms with Crippen LogP contribution in [0.15, 0.2) is 58.5 Å². The first-order chi connectivity index (χ1) is 13.9. The van der Waals surface area contributed by atoms with Crippen molar-refractivity contribution in [2.45, 2.75) is 23.2 Å². The van der Waals surface area contributed by atoms with Gasteiger partial charge < -0.3 is 9.88 Å². The predicted octanol–water partition coefficient (Wildman–Crippen LogP) is 3.82. The van der Waals surface area contributed by atoms with Crippen LogP contribution in [0.3, 0.4) is 0 Å². The lowest BCUT2D eigenvalue weighted by atomic mass is 9.86. The summed E-state index contributed by atoms with van der Waals surface area (Å²) in [7, 11) is 1.70. The first-order valence-corrected chi connectivity index (χ1v) is 9.95. The number of aromatic nitrogens is 2. The van der Waals surface area contributed by atoms with E-state index < -0.39 is 23.1 Å². The molecule has 29 heavy (non-hydrogen) atoms. The number of hydrogen-bond donors (Lipinski definition) is 1. The van der Waals surface area contributed by atoms with Crippen molar-refractivity contribution < 1.29 is 13.6 Å². The molecule has 4 rings (SSSR count). The largest absolute Gasteiger partial charge is 0.312 e. The van der Waals surface area contributed by atoms with Gasteiger partial charge in [-0.2, -0.15) is 4.98 Å². The van der Waals surface area contributed by atoms with Crippen molar-refractivity contribution in [3.8, 4) is 0 Å². The summed E-state index contributed by atoms with van der Waals surface area (Å²) in [4.78, 5) is 29.3. The van der Waals surface area contributed by atoms with E-state index in [1.165, 1.54) is 17.8 Å². The summed E-state index contributed by atoms with van der Waals surface area (Å²) in [5.74, 6) is -1.77. The fraction of sp³-hybridized carbons (Fsp3) is 0.190. The van der Waals surface area contributed by atoms with Crippen molar-refractivity contribution in [2.24, 2.45) is 7.05 Å². The number of benzene rings is 2. The highest BCUT2D eigenvalue weighted by atomic mass is 32.2. The fourth-order valence-electron chi connectivity index (χ4n) is 3.44. The monoisotopic (exact) mass is 413 g/mol. The van der Waals surface area contributed by atoms with Gasteiger partial charge in [0.15, 0.2) is 5.16 Å². The van der Waals surface area contributed by atoms with Gasteiger partial charge in [-0.25, -0.2) is 8.78 Å². The van der Waals surface area contributed by atoms with Crippen LogP contribution < -0.4 is 10.9 Å². The average molecular weight is 413 g/mol. The summed E-state index contributed by atoms with van der Waals surface area (Å²) in [6.07, 6.45) is -0.108. The Morgan fingerprint density at radius 1 is 1.17 bits per heavy atom. The third-order valence-electron chi connectivity index (χ3n) is 4.85. The van der Waals surface area contributed by atoms with Crippen molar-refractivity contribution in [1.82, 2.24) is 9.55 Å². The summed E-state index contributed by atoms with van der Waals surface area (Å²) < 4.78 is 29.3. The molecule has 1 aliphatic heterocycles. The molecule has 3 aromatic rings. The molecule has 1 N–H and O–H groups in total. The van der Waals surface area contributed by atoms with Crippen molar-refractivity contribution in [3.05, 3.63) is 87.2 Å². The molecule has 0 fully saturated rings. The Balaban J connectivity index is 1.75. The number of hydrogen-bond acceptors (Lipinski definition) is 4. The molecule has 0 radical (unpaired) electrons. The molecule has 0 saturated heterocycles. The van der Waals surface area contributed by atoms with Crippen molar-refractivity contribution in [1.29, 1.82) is 0 Å². The lowest BCUT2D eigenvalue weighted by Crippen LogP contribution is -2.33. The second kappa shape index (κ2) is 7.79. The molecule has 1 atom stereocenters. The smallest absolute Gasteiger partial charge is 0.279 e. The lowest BCUT2D eigenvalue weighted by Gasteiger charge is -2.27. The molecule has 1 aromatic heterocycles. The highest BCUT2D eigenvalue weighted by Crippen LogP contribution is 2.37. The van der Waals surface area contributed by atoms with Crippen LogP contribution >= 0.6 is 11.8 Å². The molecule has 8 heteroatoms. The van der Waals surface area contributed by atoms with Crippen LogP contribution in [0.25, 0.3) is 0 Å². The van der Waals surface area contributed by atoms with E-state index in [0.717, 1.165) is 17.7 Å². The molecule has 0 saturated carbocycles. The number of carbonyl (C=O) groups is 1. The minimum atomic E-state index is -0.821. The van der Waals surface area contributed by atoms with Crippen LogP contribution in [0.2, 0.25) is 0 Å². The summed E-state index contributed by atoms with van der Waals surface area (Å²) in [6, 6.07) is 12.9. The normalized spacial score (nSPS) is 15.7. The van der Waals surface area contributed by atoms with Gasteiger partial charge in [-0.1, -0.05) is 48.2 Å². The van der Waals surface area contributed by atoms with E-state index in [9.17, 15) is 18.4 Å². The number of thioether (sulfide) groups is 1. The molecule has 1 amide bonds. The van der Waals surface area contributed by atoms with Crippen molar-refractivity contribution in [3.63, 3.8) is 0 Å². The van der Waals surface area contributed by atoms with Gasteiger partial charge in [0.25, 0.3) is 5.56 Å². The SMILES string of the molecule is Cn1c(SCc2ccccc2)nc(=O)c2c1NC(=O)C[C@H]2c1ccc(F)cc1F. The molecule has 2 aromatic carbocycles. The molecule has 0 unspecified atom stereocenters. The van der Waals surface area contributed by atoms with E-state index in [1.54, 1.807) is 11.6 Å². The second-order valence-corrected chi connectivity index (χ2v) is 7.71. The van der Waals surface area contributed by atoms with E-state index in [1.807, 2.05) is 30.3 Å². The number of nitrogens with zero attached hydrogens (tertiary/aromatic N) is 2. The zero-order valence-electron chi connectivity index (χ0n) is 15.5. The maximum absolute atomic E-state index is 14.4. The number of halogens is 2. The van der Waals surface area contributed by atoms with Crippen LogP contribution in [0.5, 0.6) is 0 Å². The van der Waals surface area contributed by atoms with Gasteiger partial charge in [0.1, 0.15) is 17.5 Å². The van der Waals surface area contributed by atoms with Crippen molar-refractivity contribution in [2.75, 3.05) is 5.32 Å². The van der Waals surface area contributed by atoms with E-state index in [-0.39, 0.29) is 23.5 Å². The minimum absolute atomic E-state index is 0.103. The van der Waals surface area contributed by atoms with E-state index in [2.05, 4.69) is 10.3 Å². The molecule has 148 valence electrons. The highest BCUT2D eigenvalue weighted by molar-refractivity contribution is 7.98. The highest BCUT2D eigenvalue weighted by Gasteiger charge is 2.33. The van der Waals surface area contributed by atoms with Crippen LogP contribution in [0.1, 0.15) is 29.0 Å². The van der Waals surface area contributed by atoms with Gasteiger partial charge in [0.2, 0.25) is 5.91 Å². The second-order valence-electron chi connectivity index (χ2n) is 6.77. The Hall–Kier alpha value is -3.00. The Bertz CT molecular complexity index is 1150. The maximum Gasteiger partial charge on any atom is 0.279 e. The third-order valence-corrected chi connectivity index (χ3v) is 5.95. The minimum Gasteiger partial charge on any atom is -0.312 e. The van der Waals surface area contributed by atoms with E-state index in [4.69, 9.17) is 0 Å². The average Bonchev–Trinajstić information content (AvgIpc) is 2.70. The molecule has 5 nitrogen and oxygen atoms in total. The molecule has 0 spiro atoms. The first kappa shape index (κ1) is 19.3. The zero-order valence-corrected chi connectivity index (χ0v) is 16.3. The van der Waals surface area contributed by atoms with E-state index in [0.29, 0.717) is 16.7 Å². The molecular weight excluding hydrogens is 396 g/mol. The van der Waals surface area contributed by atoms with Gasteiger partial charge in [-0.3, -0.25) is 9.59 Å².